The first-order chi connectivity index (χ1) is 9.94. The molecule has 1 rings (SSSR count). The number of nitrogen functional groups attached to an aromatic ring is 1. The van der Waals surface area contributed by atoms with Crippen molar-refractivity contribution in [3.8, 4) is 0 Å². The van der Waals surface area contributed by atoms with Gasteiger partial charge in [-0.3, -0.25) is 0 Å². The van der Waals surface area contributed by atoms with Crippen LogP contribution >= 0.6 is 0 Å². The number of esters is 1. The maximum atomic E-state index is 11.6. The number of methoxy groups -OCH3 is 1. The first-order valence-corrected chi connectivity index (χ1v) is 7.28. The van der Waals surface area contributed by atoms with Crippen molar-refractivity contribution in [2.75, 3.05) is 12.8 Å². The molecule has 4 heteroatoms. The van der Waals surface area contributed by atoms with Crippen molar-refractivity contribution in [2.24, 2.45) is 0 Å². The molecule has 0 aliphatic rings. The highest BCUT2D eigenvalue weighted by Gasteiger charge is 2.18. The average molecular weight is 292 g/mol. The van der Waals surface area contributed by atoms with Crippen molar-refractivity contribution < 1.29 is 9.53 Å². The standard InChI is InChI=1S/C13H18N2O2.C4H10/c1-9(2)15-12(13(16)17-3)8-10-4-6-11(14)7-5-10;1-3-4-2/h4-7,12,15H,1,8,14H2,2-3H3;3-4H2,1-2H3. The number of nitrogens with two attached hydrogens (primary N) is 1. The van der Waals surface area contributed by atoms with Gasteiger partial charge in [-0.05, 0) is 24.6 Å². The lowest BCUT2D eigenvalue weighted by atomic mass is 10.1. The number of unbranched alkanes of at least 4 members (excludes halogenated alkanes) is 1. The van der Waals surface area contributed by atoms with E-state index in [2.05, 4.69) is 25.7 Å². The van der Waals surface area contributed by atoms with Crippen molar-refractivity contribution in [1.82, 2.24) is 5.32 Å². The number of rotatable bonds is 6. The van der Waals surface area contributed by atoms with Crippen molar-refractivity contribution in [2.45, 2.75) is 46.1 Å². The molecule has 1 aromatic rings. The van der Waals surface area contributed by atoms with E-state index in [-0.39, 0.29) is 5.97 Å². The molecule has 0 saturated carbocycles. The van der Waals surface area contributed by atoms with E-state index in [1.807, 2.05) is 24.3 Å². The van der Waals surface area contributed by atoms with E-state index in [0.717, 1.165) is 11.3 Å². The molecule has 0 spiro atoms. The Balaban J connectivity index is 0.000000885. The molecule has 0 amide bonds. The molecule has 3 N–H and O–H groups in total. The van der Waals surface area contributed by atoms with E-state index in [0.29, 0.717) is 12.1 Å². The molecule has 0 aromatic heterocycles. The molecular weight excluding hydrogens is 264 g/mol. The van der Waals surface area contributed by atoms with Gasteiger partial charge < -0.3 is 15.8 Å². The van der Waals surface area contributed by atoms with Gasteiger partial charge in [0.25, 0.3) is 0 Å². The Morgan fingerprint density at radius 3 is 2.19 bits per heavy atom. The van der Waals surface area contributed by atoms with E-state index in [9.17, 15) is 4.79 Å². The van der Waals surface area contributed by atoms with E-state index in [1.54, 1.807) is 6.92 Å². The molecule has 0 fully saturated rings. The molecular formula is C17H28N2O2. The number of hydrogen-bond acceptors (Lipinski definition) is 4. The molecule has 118 valence electrons. The van der Waals surface area contributed by atoms with Crippen LogP contribution in [-0.2, 0) is 16.0 Å². The van der Waals surface area contributed by atoms with E-state index >= 15 is 0 Å². The third-order valence-corrected chi connectivity index (χ3v) is 2.83. The summed E-state index contributed by atoms with van der Waals surface area (Å²) in [4.78, 5) is 11.6. The Morgan fingerprint density at radius 1 is 1.29 bits per heavy atom. The van der Waals surface area contributed by atoms with Gasteiger partial charge in [-0.15, -0.1) is 0 Å². The monoisotopic (exact) mass is 292 g/mol. The minimum atomic E-state index is -0.416. The van der Waals surface area contributed by atoms with Crippen LogP contribution in [0.3, 0.4) is 0 Å². The Kier molecular flexibility index (Phi) is 9.76. The summed E-state index contributed by atoms with van der Waals surface area (Å²) in [6.07, 6.45) is 3.18. The zero-order chi connectivity index (χ0) is 16.3. The Labute approximate surface area is 128 Å². The molecule has 0 saturated heterocycles. The summed E-state index contributed by atoms with van der Waals surface area (Å²) < 4.78 is 4.74. The summed E-state index contributed by atoms with van der Waals surface area (Å²) in [7, 11) is 1.37. The minimum Gasteiger partial charge on any atom is -0.467 e. The maximum Gasteiger partial charge on any atom is 0.328 e. The predicted molar refractivity (Wildman–Crippen MR) is 88.9 cm³/mol. The summed E-state index contributed by atoms with van der Waals surface area (Å²) in [5.41, 5.74) is 8.06. The lowest BCUT2D eigenvalue weighted by molar-refractivity contribution is -0.142. The SMILES string of the molecule is C=C(C)NC(Cc1ccc(N)cc1)C(=O)OC.CCCC. The Hall–Kier alpha value is -1.97. The highest BCUT2D eigenvalue weighted by atomic mass is 16.5. The maximum absolute atomic E-state index is 11.6. The lowest BCUT2D eigenvalue weighted by Gasteiger charge is -2.17. The third kappa shape index (κ3) is 8.74. The number of ether oxygens (including phenoxy) is 1. The predicted octanol–water partition coefficient (Wildman–Crippen LogP) is 3.28. The van der Waals surface area contributed by atoms with Crippen LogP contribution in [0.4, 0.5) is 5.69 Å². The molecule has 0 radical (unpaired) electrons. The highest BCUT2D eigenvalue weighted by Crippen LogP contribution is 2.09. The van der Waals surface area contributed by atoms with Crippen LogP contribution in [0.15, 0.2) is 36.5 Å². The first-order valence-electron chi connectivity index (χ1n) is 7.28. The van der Waals surface area contributed by atoms with E-state index < -0.39 is 6.04 Å². The van der Waals surface area contributed by atoms with Crippen LogP contribution in [0.1, 0.15) is 39.2 Å². The molecule has 21 heavy (non-hydrogen) atoms. The summed E-state index contributed by atoms with van der Waals surface area (Å²) in [5, 5.41) is 2.99. The zero-order valence-electron chi connectivity index (χ0n) is 13.6. The highest BCUT2D eigenvalue weighted by molar-refractivity contribution is 5.76. The number of nitrogens with one attached hydrogen (secondary N) is 1. The summed E-state index contributed by atoms with van der Waals surface area (Å²) in [6, 6.07) is 6.99. The van der Waals surface area contributed by atoms with Gasteiger partial charge in [0, 0.05) is 17.8 Å². The van der Waals surface area contributed by atoms with Crippen molar-refractivity contribution in [1.29, 1.82) is 0 Å². The molecule has 4 nitrogen and oxygen atoms in total. The van der Waals surface area contributed by atoms with Gasteiger partial charge in [-0.2, -0.15) is 0 Å². The van der Waals surface area contributed by atoms with Gasteiger partial charge in [0.1, 0.15) is 6.04 Å². The summed E-state index contributed by atoms with van der Waals surface area (Å²) >= 11 is 0. The first kappa shape index (κ1) is 19.0. The van der Waals surface area contributed by atoms with Gasteiger partial charge in [0.15, 0.2) is 0 Å². The average Bonchev–Trinajstić information content (AvgIpc) is 2.47. The molecule has 0 aliphatic heterocycles. The molecule has 1 atom stereocenters. The Bertz CT molecular complexity index is 425. The smallest absolute Gasteiger partial charge is 0.328 e. The second kappa shape index (κ2) is 10.8. The molecule has 1 unspecified atom stereocenters. The molecule has 1 aromatic carbocycles. The van der Waals surface area contributed by atoms with Crippen LogP contribution < -0.4 is 11.1 Å². The largest absolute Gasteiger partial charge is 0.467 e. The van der Waals surface area contributed by atoms with E-state index in [1.165, 1.54) is 20.0 Å². The molecule has 0 heterocycles. The van der Waals surface area contributed by atoms with Crippen LogP contribution in [0.5, 0.6) is 0 Å². The number of benzene rings is 1. The number of carbonyl (C=O) groups excluding carboxylic acids is 1. The fourth-order valence-corrected chi connectivity index (χ4v) is 1.52. The molecule has 0 aliphatic carbocycles. The second-order valence-electron chi connectivity index (χ2n) is 4.95. The number of hydrogen-bond donors (Lipinski definition) is 2. The Morgan fingerprint density at radius 2 is 1.81 bits per heavy atom. The van der Waals surface area contributed by atoms with Gasteiger partial charge in [-0.25, -0.2) is 4.79 Å². The van der Waals surface area contributed by atoms with Crippen molar-refractivity contribution in [3.05, 3.63) is 42.1 Å². The van der Waals surface area contributed by atoms with E-state index in [4.69, 9.17) is 10.5 Å². The quantitative estimate of drug-likeness (QED) is 0.624. The fourth-order valence-electron chi connectivity index (χ4n) is 1.52. The number of allylic oxidation sites excluding steroid dienone is 1. The molecule has 0 bridgehead atoms. The van der Waals surface area contributed by atoms with Crippen molar-refractivity contribution >= 4 is 11.7 Å². The van der Waals surface area contributed by atoms with Crippen molar-refractivity contribution in [3.63, 3.8) is 0 Å². The van der Waals surface area contributed by atoms with Crippen LogP contribution in [0, 0.1) is 0 Å². The van der Waals surface area contributed by atoms with Crippen LogP contribution in [-0.4, -0.2) is 19.1 Å². The topological polar surface area (TPSA) is 64.3 Å². The zero-order valence-corrected chi connectivity index (χ0v) is 13.6. The minimum absolute atomic E-state index is 0.301. The van der Waals surface area contributed by atoms with Crippen LogP contribution in [0.2, 0.25) is 0 Å². The van der Waals surface area contributed by atoms with Gasteiger partial charge >= 0.3 is 5.97 Å². The van der Waals surface area contributed by atoms with Gasteiger partial charge in [-0.1, -0.05) is 45.4 Å². The summed E-state index contributed by atoms with van der Waals surface area (Å²) in [5.74, 6) is -0.301. The second-order valence-corrected chi connectivity index (χ2v) is 4.95. The van der Waals surface area contributed by atoms with Gasteiger partial charge in [0.05, 0.1) is 7.11 Å². The van der Waals surface area contributed by atoms with Gasteiger partial charge in [0.2, 0.25) is 0 Å². The third-order valence-electron chi connectivity index (χ3n) is 2.83. The number of anilines is 1. The fraction of sp³-hybridized carbons (Fsp3) is 0.471. The number of carbonyl (C=O) groups is 1. The lowest BCUT2D eigenvalue weighted by Crippen LogP contribution is -2.38. The van der Waals surface area contributed by atoms with Crippen LogP contribution in [0.25, 0.3) is 0 Å². The normalized spacial score (nSPS) is 10.9. The summed E-state index contributed by atoms with van der Waals surface area (Å²) in [6.45, 7) is 9.89.